The summed E-state index contributed by atoms with van der Waals surface area (Å²) < 4.78 is 5.32. The number of hydrogen-bond donors (Lipinski definition) is 3. The largest absolute Gasteiger partial charge is 0.507 e. The molecule has 1 heterocycles. The van der Waals surface area contributed by atoms with Crippen LogP contribution in [0.15, 0.2) is 18.2 Å². The van der Waals surface area contributed by atoms with Crippen molar-refractivity contribution in [3.05, 3.63) is 23.8 Å². The second kappa shape index (κ2) is 5.73. The average molecular weight is 251 g/mol. The molecule has 1 aliphatic rings. The van der Waals surface area contributed by atoms with Gasteiger partial charge in [-0.05, 0) is 30.9 Å². The summed E-state index contributed by atoms with van der Waals surface area (Å²) >= 11 is 0. The first-order valence-electron chi connectivity index (χ1n) is 6.05. The third kappa shape index (κ3) is 2.92. The van der Waals surface area contributed by atoms with Crippen LogP contribution in [0.2, 0.25) is 0 Å². The molecular weight excluding hydrogens is 234 g/mol. The molecule has 5 heteroatoms. The number of aromatic hydroxyl groups is 2. The van der Waals surface area contributed by atoms with E-state index in [1.54, 1.807) is 0 Å². The second-order valence-corrected chi connectivity index (χ2v) is 4.46. The molecule has 1 aromatic rings. The Labute approximate surface area is 105 Å². The van der Waals surface area contributed by atoms with E-state index in [0.717, 1.165) is 19.4 Å². The van der Waals surface area contributed by atoms with E-state index in [9.17, 15) is 15.0 Å². The third-order valence-electron chi connectivity index (χ3n) is 3.05. The van der Waals surface area contributed by atoms with E-state index in [1.165, 1.54) is 18.2 Å². The molecule has 1 fully saturated rings. The van der Waals surface area contributed by atoms with Gasteiger partial charge in [0.2, 0.25) is 0 Å². The molecule has 0 spiro atoms. The zero-order valence-corrected chi connectivity index (χ0v) is 10.1. The summed E-state index contributed by atoms with van der Waals surface area (Å²) in [7, 11) is 0. The number of carbonyl (C=O) groups is 1. The van der Waals surface area contributed by atoms with Gasteiger partial charge in [0.15, 0.2) is 0 Å². The zero-order valence-electron chi connectivity index (χ0n) is 10.1. The minimum Gasteiger partial charge on any atom is -0.507 e. The highest BCUT2D eigenvalue weighted by Gasteiger charge is 2.19. The van der Waals surface area contributed by atoms with Crippen LogP contribution in [0.5, 0.6) is 11.5 Å². The van der Waals surface area contributed by atoms with Crippen molar-refractivity contribution in [3.63, 3.8) is 0 Å². The summed E-state index contributed by atoms with van der Waals surface area (Å²) in [5, 5.41) is 21.8. The van der Waals surface area contributed by atoms with Gasteiger partial charge >= 0.3 is 0 Å². The second-order valence-electron chi connectivity index (χ2n) is 4.46. The Kier molecular flexibility index (Phi) is 4.04. The van der Waals surface area contributed by atoms with Gasteiger partial charge in [0.05, 0.1) is 6.61 Å². The normalized spacial score (nSPS) is 19.4. The summed E-state index contributed by atoms with van der Waals surface area (Å²) in [5.74, 6) is -0.591. The molecule has 1 aliphatic heterocycles. The Hall–Kier alpha value is -1.75. The summed E-state index contributed by atoms with van der Waals surface area (Å²) in [5.41, 5.74) is -0.0748. The Bertz CT molecular complexity index is 407. The van der Waals surface area contributed by atoms with Crippen LogP contribution in [-0.2, 0) is 4.74 Å². The first-order valence-corrected chi connectivity index (χ1v) is 6.05. The van der Waals surface area contributed by atoms with Crippen LogP contribution in [0.4, 0.5) is 0 Å². The number of rotatable bonds is 3. The fourth-order valence-corrected chi connectivity index (χ4v) is 2.05. The SMILES string of the molecule is O=C(NCC1CCCOC1)c1c(O)cccc1O. The molecule has 0 bridgehead atoms. The lowest BCUT2D eigenvalue weighted by molar-refractivity contribution is 0.0536. The lowest BCUT2D eigenvalue weighted by Crippen LogP contribution is -2.33. The molecule has 3 N–H and O–H groups in total. The van der Waals surface area contributed by atoms with Crippen molar-refractivity contribution >= 4 is 5.91 Å². The highest BCUT2D eigenvalue weighted by atomic mass is 16.5. The molecule has 18 heavy (non-hydrogen) atoms. The number of phenols is 2. The van der Waals surface area contributed by atoms with Gasteiger partial charge in [0, 0.05) is 13.2 Å². The molecule has 1 amide bonds. The van der Waals surface area contributed by atoms with Crippen LogP contribution in [0.25, 0.3) is 0 Å². The third-order valence-corrected chi connectivity index (χ3v) is 3.05. The van der Waals surface area contributed by atoms with Crippen molar-refractivity contribution in [1.82, 2.24) is 5.32 Å². The molecule has 5 nitrogen and oxygen atoms in total. The van der Waals surface area contributed by atoms with Crippen molar-refractivity contribution < 1.29 is 19.7 Å². The lowest BCUT2D eigenvalue weighted by atomic mass is 10.0. The molecule has 1 atom stereocenters. The Morgan fingerprint density at radius 2 is 2.11 bits per heavy atom. The molecule has 1 aromatic carbocycles. The van der Waals surface area contributed by atoms with Crippen LogP contribution in [0.1, 0.15) is 23.2 Å². The van der Waals surface area contributed by atoms with E-state index in [2.05, 4.69) is 5.32 Å². The maximum atomic E-state index is 11.9. The maximum Gasteiger partial charge on any atom is 0.258 e. The lowest BCUT2D eigenvalue weighted by Gasteiger charge is -2.22. The van der Waals surface area contributed by atoms with E-state index in [-0.39, 0.29) is 17.1 Å². The highest BCUT2D eigenvalue weighted by Crippen LogP contribution is 2.26. The molecule has 98 valence electrons. The van der Waals surface area contributed by atoms with Gasteiger partial charge < -0.3 is 20.3 Å². The van der Waals surface area contributed by atoms with Gasteiger partial charge in [0.25, 0.3) is 5.91 Å². The van der Waals surface area contributed by atoms with Gasteiger partial charge in [-0.2, -0.15) is 0 Å². The fraction of sp³-hybridized carbons (Fsp3) is 0.462. The first kappa shape index (κ1) is 12.7. The van der Waals surface area contributed by atoms with Crippen molar-refractivity contribution in [2.45, 2.75) is 12.8 Å². The molecule has 0 aliphatic carbocycles. The van der Waals surface area contributed by atoms with E-state index in [0.29, 0.717) is 19.1 Å². The average Bonchev–Trinajstić information content (AvgIpc) is 2.37. The number of ether oxygens (including phenoxy) is 1. The number of phenolic OH excluding ortho intramolecular Hbond substituents is 2. The minimum absolute atomic E-state index is 0.0748. The molecule has 1 saturated heterocycles. The van der Waals surface area contributed by atoms with Crippen molar-refractivity contribution in [3.8, 4) is 11.5 Å². The molecule has 2 rings (SSSR count). The zero-order chi connectivity index (χ0) is 13.0. The van der Waals surface area contributed by atoms with E-state index in [1.807, 2.05) is 0 Å². The first-order chi connectivity index (χ1) is 8.68. The monoisotopic (exact) mass is 251 g/mol. The molecule has 1 unspecified atom stereocenters. The number of carbonyl (C=O) groups excluding carboxylic acids is 1. The fourth-order valence-electron chi connectivity index (χ4n) is 2.05. The minimum atomic E-state index is -0.462. The van der Waals surface area contributed by atoms with E-state index in [4.69, 9.17) is 4.74 Å². The van der Waals surface area contributed by atoms with Crippen molar-refractivity contribution in [1.29, 1.82) is 0 Å². The van der Waals surface area contributed by atoms with E-state index >= 15 is 0 Å². The summed E-state index contributed by atoms with van der Waals surface area (Å²) in [6, 6.07) is 4.23. The van der Waals surface area contributed by atoms with Gasteiger partial charge in [0.1, 0.15) is 17.1 Å². The van der Waals surface area contributed by atoms with Crippen LogP contribution in [-0.4, -0.2) is 35.9 Å². The molecular formula is C13H17NO4. The molecule has 0 radical (unpaired) electrons. The number of amides is 1. The van der Waals surface area contributed by atoms with Crippen LogP contribution >= 0.6 is 0 Å². The Balaban J connectivity index is 1.95. The van der Waals surface area contributed by atoms with E-state index < -0.39 is 5.91 Å². The Morgan fingerprint density at radius 3 is 2.72 bits per heavy atom. The number of hydrogen-bond acceptors (Lipinski definition) is 4. The predicted octanol–water partition coefficient (Wildman–Crippen LogP) is 1.25. The number of benzene rings is 1. The molecule has 0 aromatic heterocycles. The Morgan fingerprint density at radius 1 is 1.39 bits per heavy atom. The highest BCUT2D eigenvalue weighted by molar-refractivity contribution is 5.99. The van der Waals surface area contributed by atoms with Gasteiger partial charge in [-0.15, -0.1) is 0 Å². The summed E-state index contributed by atoms with van der Waals surface area (Å²) in [6.45, 7) is 1.92. The number of nitrogens with one attached hydrogen (secondary N) is 1. The quantitative estimate of drug-likeness (QED) is 0.755. The van der Waals surface area contributed by atoms with Crippen LogP contribution < -0.4 is 5.32 Å². The standard InChI is InChI=1S/C13H17NO4/c15-10-4-1-5-11(16)12(10)13(17)14-7-9-3-2-6-18-8-9/h1,4-5,9,15-16H,2-3,6-8H2,(H,14,17). The van der Waals surface area contributed by atoms with Gasteiger partial charge in [-0.3, -0.25) is 4.79 Å². The van der Waals surface area contributed by atoms with Gasteiger partial charge in [-0.25, -0.2) is 0 Å². The summed E-state index contributed by atoms with van der Waals surface area (Å²) in [6.07, 6.45) is 2.02. The molecule has 0 saturated carbocycles. The summed E-state index contributed by atoms with van der Waals surface area (Å²) in [4.78, 5) is 11.9. The smallest absolute Gasteiger partial charge is 0.258 e. The van der Waals surface area contributed by atoms with Crippen LogP contribution in [0, 0.1) is 5.92 Å². The predicted molar refractivity (Wildman–Crippen MR) is 65.6 cm³/mol. The maximum absolute atomic E-state index is 11.9. The topological polar surface area (TPSA) is 78.8 Å². The van der Waals surface area contributed by atoms with Crippen molar-refractivity contribution in [2.24, 2.45) is 5.92 Å². The van der Waals surface area contributed by atoms with Crippen molar-refractivity contribution in [2.75, 3.05) is 19.8 Å². The van der Waals surface area contributed by atoms with Gasteiger partial charge in [-0.1, -0.05) is 6.07 Å². The van der Waals surface area contributed by atoms with Crippen LogP contribution in [0.3, 0.4) is 0 Å².